The normalized spacial score (nSPS) is 21.7. The predicted molar refractivity (Wildman–Crippen MR) is 65.8 cm³/mol. The second-order valence-electron chi connectivity index (χ2n) is 4.45. The van der Waals surface area contributed by atoms with Gasteiger partial charge in [-0.3, -0.25) is 0 Å². The minimum absolute atomic E-state index is 0.603. The summed E-state index contributed by atoms with van der Waals surface area (Å²) in [6, 6.07) is 4.14. The van der Waals surface area contributed by atoms with E-state index in [0.29, 0.717) is 5.92 Å². The lowest BCUT2D eigenvalue weighted by Gasteiger charge is -2.26. The van der Waals surface area contributed by atoms with E-state index >= 15 is 0 Å². The minimum Gasteiger partial charge on any atom is -0.316 e. The van der Waals surface area contributed by atoms with Crippen molar-refractivity contribution >= 4 is 11.6 Å². The monoisotopic (exact) mass is 223 g/mol. The number of rotatable bonds is 1. The molecular formula is C13H18ClN. The van der Waals surface area contributed by atoms with Crippen LogP contribution in [0.25, 0.3) is 0 Å². The fraction of sp³-hybridized carbons (Fsp3) is 0.538. The molecule has 1 unspecified atom stereocenters. The van der Waals surface area contributed by atoms with Gasteiger partial charge >= 0.3 is 0 Å². The number of piperidine rings is 1. The van der Waals surface area contributed by atoms with Crippen molar-refractivity contribution in [2.75, 3.05) is 13.1 Å². The highest BCUT2D eigenvalue weighted by molar-refractivity contribution is 6.31. The summed E-state index contributed by atoms with van der Waals surface area (Å²) in [7, 11) is 0. The van der Waals surface area contributed by atoms with Crippen LogP contribution < -0.4 is 5.32 Å². The lowest BCUT2D eigenvalue weighted by Crippen LogP contribution is -2.29. The lowest BCUT2D eigenvalue weighted by atomic mass is 9.87. The van der Waals surface area contributed by atoms with E-state index < -0.39 is 0 Å². The predicted octanol–water partition coefficient (Wildman–Crippen LogP) is 3.42. The van der Waals surface area contributed by atoms with Gasteiger partial charge in [-0.25, -0.2) is 0 Å². The van der Waals surface area contributed by atoms with Crippen LogP contribution in [0.1, 0.15) is 35.4 Å². The van der Waals surface area contributed by atoms with Gasteiger partial charge in [-0.1, -0.05) is 17.7 Å². The Bertz CT molecular complexity index is 354. The molecule has 1 aliphatic rings. The molecule has 1 aliphatic heterocycles. The summed E-state index contributed by atoms with van der Waals surface area (Å²) in [6.07, 6.45) is 2.52. The summed E-state index contributed by atoms with van der Waals surface area (Å²) < 4.78 is 0. The molecule has 1 aromatic carbocycles. The van der Waals surface area contributed by atoms with Crippen LogP contribution in [-0.2, 0) is 0 Å². The van der Waals surface area contributed by atoms with Crippen molar-refractivity contribution < 1.29 is 0 Å². The van der Waals surface area contributed by atoms with Crippen molar-refractivity contribution in [3.63, 3.8) is 0 Å². The highest BCUT2D eigenvalue weighted by Crippen LogP contribution is 2.33. The number of aryl methyl sites for hydroxylation is 1. The van der Waals surface area contributed by atoms with E-state index in [9.17, 15) is 0 Å². The van der Waals surface area contributed by atoms with Crippen molar-refractivity contribution in [2.24, 2.45) is 0 Å². The SMILES string of the molecule is Cc1ccc(Cl)c(C2CCCNC2)c1C. The molecular weight excluding hydrogens is 206 g/mol. The molecule has 1 heterocycles. The van der Waals surface area contributed by atoms with E-state index in [1.807, 2.05) is 6.07 Å². The maximum atomic E-state index is 6.31. The Hall–Kier alpha value is -0.530. The molecule has 1 atom stereocenters. The summed E-state index contributed by atoms with van der Waals surface area (Å²) >= 11 is 6.31. The molecule has 0 bridgehead atoms. The van der Waals surface area contributed by atoms with Gasteiger partial charge in [0.2, 0.25) is 0 Å². The quantitative estimate of drug-likeness (QED) is 0.770. The van der Waals surface area contributed by atoms with Crippen LogP contribution >= 0.6 is 11.6 Å². The molecule has 82 valence electrons. The Labute approximate surface area is 96.8 Å². The Morgan fingerprint density at radius 1 is 1.33 bits per heavy atom. The summed E-state index contributed by atoms with van der Waals surface area (Å²) in [5.74, 6) is 0.603. The van der Waals surface area contributed by atoms with Crippen LogP contribution in [0.3, 0.4) is 0 Å². The van der Waals surface area contributed by atoms with E-state index in [1.54, 1.807) is 0 Å². The second-order valence-corrected chi connectivity index (χ2v) is 4.85. The molecule has 0 amide bonds. The molecule has 15 heavy (non-hydrogen) atoms. The number of nitrogens with one attached hydrogen (secondary N) is 1. The largest absolute Gasteiger partial charge is 0.316 e. The molecule has 0 aliphatic carbocycles. The van der Waals surface area contributed by atoms with Crippen LogP contribution in [0.5, 0.6) is 0 Å². The van der Waals surface area contributed by atoms with Crippen LogP contribution in [0.4, 0.5) is 0 Å². The zero-order chi connectivity index (χ0) is 10.8. The maximum absolute atomic E-state index is 6.31. The third kappa shape index (κ3) is 2.19. The highest BCUT2D eigenvalue weighted by Gasteiger charge is 2.20. The first-order chi connectivity index (χ1) is 7.20. The Kier molecular flexibility index (Phi) is 3.32. The van der Waals surface area contributed by atoms with Crippen LogP contribution in [0.15, 0.2) is 12.1 Å². The number of hydrogen-bond acceptors (Lipinski definition) is 1. The minimum atomic E-state index is 0.603. The third-order valence-electron chi connectivity index (χ3n) is 3.44. The van der Waals surface area contributed by atoms with Gasteiger partial charge in [0.15, 0.2) is 0 Å². The van der Waals surface area contributed by atoms with Crippen LogP contribution in [0.2, 0.25) is 5.02 Å². The van der Waals surface area contributed by atoms with Gasteiger partial charge in [0.25, 0.3) is 0 Å². The third-order valence-corrected chi connectivity index (χ3v) is 3.77. The molecule has 1 aromatic rings. The molecule has 0 radical (unpaired) electrons. The molecule has 0 aromatic heterocycles. The van der Waals surface area contributed by atoms with E-state index in [-0.39, 0.29) is 0 Å². The van der Waals surface area contributed by atoms with E-state index in [1.165, 1.54) is 29.5 Å². The topological polar surface area (TPSA) is 12.0 Å². The first kappa shape index (κ1) is 11.0. The average Bonchev–Trinajstić information content (AvgIpc) is 2.26. The molecule has 0 spiro atoms. The van der Waals surface area contributed by atoms with Gasteiger partial charge in [-0.05, 0) is 61.9 Å². The molecule has 2 rings (SSSR count). The number of benzene rings is 1. The summed E-state index contributed by atoms with van der Waals surface area (Å²) in [4.78, 5) is 0. The molecule has 1 fully saturated rings. The van der Waals surface area contributed by atoms with Gasteiger partial charge in [-0.2, -0.15) is 0 Å². The summed E-state index contributed by atoms with van der Waals surface area (Å²) in [6.45, 7) is 6.57. The van der Waals surface area contributed by atoms with Crippen molar-refractivity contribution in [2.45, 2.75) is 32.6 Å². The Morgan fingerprint density at radius 2 is 2.13 bits per heavy atom. The Balaban J connectivity index is 2.36. The van der Waals surface area contributed by atoms with Crippen LogP contribution in [-0.4, -0.2) is 13.1 Å². The molecule has 1 N–H and O–H groups in total. The zero-order valence-corrected chi connectivity index (χ0v) is 10.2. The summed E-state index contributed by atoms with van der Waals surface area (Å²) in [5, 5.41) is 4.39. The van der Waals surface area contributed by atoms with Gasteiger partial charge in [0.05, 0.1) is 0 Å². The van der Waals surface area contributed by atoms with E-state index in [4.69, 9.17) is 11.6 Å². The Morgan fingerprint density at radius 3 is 2.80 bits per heavy atom. The van der Waals surface area contributed by atoms with Crippen molar-refractivity contribution in [1.82, 2.24) is 5.32 Å². The van der Waals surface area contributed by atoms with Crippen molar-refractivity contribution in [3.8, 4) is 0 Å². The summed E-state index contributed by atoms with van der Waals surface area (Å²) in [5.41, 5.74) is 4.08. The number of halogens is 1. The first-order valence-electron chi connectivity index (χ1n) is 5.66. The number of hydrogen-bond donors (Lipinski definition) is 1. The van der Waals surface area contributed by atoms with Crippen molar-refractivity contribution in [3.05, 3.63) is 33.8 Å². The van der Waals surface area contributed by atoms with E-state index in [2.05, 4.69) is 25.2 Å². The fourth-order valence-electron chi connectivity index (χ4n) is 2.40. The first-order valence-corrected chi connectivity index (χ1v) is 6.04. The zero-order valence-electron chi connectivity index (χ0n) is 9.44. The fourth-order valence-corrected chi connectivity index (χ4v) is 2.76. The molecule has 0 saturated carbocycles. The second kappa shape index (κ2) is 4.54. The van der Waals surface area contributed by atoms with Gasteiger partial charge in [0.1, 0.15) is 0 Å². The van der Waals surface area contributed by atoms with Crippen LogP contribution in [0, 0.1) is 13.8 Å². The molecule has 1 nitrogen and oxygen atoms in total. The highest BCUT2D eigenvalue weighted by atomic mass is 35.5. The van der Waals surface area contributed by atoms with Gasteiger partial charge in [0, 0.05) is 11.6 Å². The molecule has 2 heteroatoms. The van der Waals surface area contributed by atoms with Gasteiger partial charge < -0.3 is 5.32 Å². The lowest BCUT2D eigenvalue weighted by molar-refractivity contribution is 0.460. The smallest absolute Gasteiger partial charge is 0.0444 e. The molecule has 1 saturated heterocycles. The van der Waals surface area contributed by atoms with Gasteiger partial charge in [-0.15, -0.1) is 0 Å². The average molecular weight is 224 g/mol. The van der Waals surface area contributed by atoms with Crippen molar-refractivity contribution in [1.29, 1.82) is 0 Å². The standard InChI is InChI=1S/C13H18ClN/c1-9-5-6-12(14)13(10(9)2)11-4-3-7-15-8-11/h5-6,11,15H,3-4,7-8H2,1-2H3. The van der Waals surface area contributed by atoms with E-state index in [0.717, 1.165) is 18.1 Å². The maximum Gasteiger partial charge on any atom is 0.0444 e.